The normalized spacial score (nSPS) is 11.2. The summed E-state index contributed by atoms with van der Waals surface area (Å²) in [6.45, 7) is 10.0. The number of aryl methyl sites for hydroxylation is 3. The van der Waals surface area contributed by atoms with E-state index in [1.165, 1.54) is 5.69 Å². The van der Waals surface area contributed by atoms with Crippen molar-refractivity contribution in [2.75, 3.05) is 0 Å². The number of hydrogen-bond acceptors (Lipinski definition) is 2. The fourth-order valence-electron chi connectivity index (χ4n) is 2.07. The highest BCUT2D eigenvalue weighted by Gasteiger charge is 2.12. The van der Waals surface area contributed by atoms with Crippen LogP contribution in [-0.4, -0.2) is 19.6 Å². The first-order chi connectivity index (χ1) is 8.56. The third-order valence-corrected chi connectivity index (χ3v) is 4.33. The van der Waals surface area contributed by atoms with Gasteiger partial charge in [0.15, 0.2) is 0 Å². The average molecular weight is 311 g/mol. The zero-order valence-electron chi connectivity index (χ0n) is 11.4. The van der Waals surface area contributed by atoms with Crippen LogP contribution in [0.15, 0.2) is 10.5 Å². The predicted molar refractivity (Wildman–Crippen MR) is 75.8 cm³/mol. The second kappa shape index (κ2) is 5.26. The Morgan fingerprint density at radius 3 is 2.39 bits per heavy atom. The van der Waals surface area contributed by atoms with Crippen molar-refractivity contribution < 1.29 is 0 Å². The van der Waals surface area contributed by atoms with Gasteiger partial charge in [-0.1, -0.05) is 6.92 Å². The molecule has 0 bridgehead atoms. The lowest BCUT2D eigenvalue weighted by atomic mass is 10.3. The second-order valence-electron chi connectivity index (χ2n) is 4.44. The predicted octanol–water partition coefficient (Wildman–Crippen LogP) is 3.09. The zero-order chi connectivity index (χ0) is 13.3. The molecule has 98 valence electrons. The third kappa shape index (κ3) is 2.36. The maximum absolute atomic E-state index is 4.57. The molecule has 0 aromatic carbocycles. The molecule has 2 aromatic rings. The van der Waals surface area contributed by atoms with Gasteiger partial charge in [0.05, 0.1) is 33.8 Å². The molecule has 0 aliphatic carbocycles. The molecule has 0 aliphatic heterocycles. The van der Waals surface area contributed by atoms with Gasteiger partial charge in [-0.2, -0.15) is 10.2 Å². The largest absolute Gasteiger partial charge is 0.268 e. The molecule has 18 heavy (non-hydrogen) atoms. The Morgan fingerprint density at radius 2 is 1.89 bits per heavy atom. The minimum absolute atomic E-state index is 0.777. The van der Waals surface area contributed by atoms with Crippen molar-refractivity contribution in [1.29, 1.82) is 0 Å². The van der Waals surface area contributed by atoms with Crippen molar-refractivity contribution in [2.24, 2.45) is 0 Å². The van der Waals surface area contributed by atoms with Gasteiger partial charge in [-0.05, 0) is 49.2 Å². The number of aromatic nitrogens is 4. The highest BCUT2D eigenvalue weighted by Crippen LogP contribution is 2.20. The lowest BCUT2D eigenvalue weighted by molar-refractivity contribution is 0.565. The molecule has 0 saturated heterocycles. The highest BCUT2D eigenvalue weighted by atomic mass is 79.9. The molecular weight excluding hydrogens is 292 g/mol. The van der Waals surface area contributed by atoms with Gasteiger partial charge in [-0.3, -0.25) is 9.36 Å². The molecule has 0 aliphatic rings. The van der Waals surface area contributed by atoms with Crippen LogP contribution in [0.2, 0.25) is 0 Å². The molecule has 0 fully saturated rings. The topological polar surface area (TPSA) is 35.6 Å². The molecule has 0 saturated carbocycles. The first-order valence-corrected chi connectivity index (χ1v) is 7.11. The minimum Gasteiger partial charge on any atom is -0.268 e. The maximum atomic E-state index is 4.57. The molecule has 0 N–H and O–H groups in total. The van der Waals surface area contributed by atoms with E-state index in [0.717, 1.165) is 41.1 Å². The van der Waals surface area contributed by atoms with Gasteiger partial charge >= 0.3 is 0 Å². The van der Waals surface area contributed by atoms with Crippen LogP contribution in [0, 0.1) is 13.8 Å². The standard InChI is InChI=1S/C13H19BrN4/c1-5-11-7-12(17(6-2)16-11)8-18-10(4)13(14)9(3)15-18/h7H,5-6,8H2,1-4H3. The quantitative estimate of drug-likeness (QED) is 0.870. The van der Waals surface area contributed by atoms with E-state index in [-0.39, 0.29) is 0 Å². The summed E-state index contributed by atoms with van der Waals surface area (Å²) in [5, 5.41) is 9.11. The first kappa shape index (κ1) is 13.3. The zero-order valence-corrected chi connectivity index (χ0v) is 13.0. The Morgan fingerprint density at radius 1 is 1.17 bits per heavy atom. The lowest BCUT2D eigenvalue weighted by Crippen LogP contribution is -2.10. The Bertz CT molecular complexity index is 554. The van der Waals surface area contributed by atoms with E-state index in [0.29, 0.717) is 0 Å². The Labute approximate surface area is 116 Å². The Balaban J connectivity index is 2.33. The van der Waals surface area contributed by atoms with Gasteiger partial charge in [-0.25, -0.2) is 0 Å². The van der Waals surface area contributed by atoms with Crippen LogP contribution in [0.1, 0.15) is 36.6 Å². The summed E-state index contributed by atoms with van der Waals surface area (Å²) in [6, 6.07) is 2.17. The smallest absolute Gasteiger partial charge is 0.0831 e. The summed E-state index contributed by atoms with van der Waals surface area (Å²) < 4.78 is 5.19. The van der Waals surface area contributed by atoms with Crippen LogP contribution in [-0.2, 0) is 19.5 Å². The van der Waals surface area contributed by atoms with Crippen molar-refractivity contribution in [1.82, 2.24) is 19.6 Å². The molecule has 2 rings (SSSR count). The highest BCUT2D eigenvalue weighted by molar-refractivity contribution is 9.10. The molecule has 0 atom stereocenters. The van der Waals surface area contributed by atoms with Crippen LogP contribution in [0.5, 0.6) is 0 Å². The van der Waals surface area contributed by atoms with E-state index in [9.17, 15) is 0 Å². The van der Waals surface area contributed by atoms with E-state index >= 15 is 0 Å². The molecule has 0 radical (unpaired) electrons. The van der Waals surface area contributed by atoms with Gasteiger partial charge in [0, 0.05) is 6.54 Å². The lowest BCUT2D eigenvalue weighted by Gasteiger charge is -2.06. The summed E-state index contributed by atoms with van der Waals surface area (Å²) in [5.74, 6) is 0. The van der Waals surface area contributed by atoms with E-state index in [1.54, 1.807) is 0 Å². The molecule has 2 aromatic heterocycles. The molecule has 0 spiro atoms. The molecule has 5 heteroatoms. The van der Waals surface area contributed by atoms with Crippen molar-refractivity contribution in [3.05, 3.63) is 33.3 Å². The molecule has 2 heterocycles. The molecule has 0 amide bonds. The minimum atomic E-state index is 0.777. The van der Waals surface area contributed by atoms with Crippen LogP contribution in [0.3, 0.4) is 0 Å². The molecular formula is C13H19BrN4. The molecule has 4 nitrogen and oxygen atoms in total. The van der Waals surface area contributed by atoms with E-state index in [1.807, 2.05) is 11.6 Å². The number of rotatable bonds is 4. The van der Waals surface area contributed by atoms with Crippen molar-refractivity contribution in [3.63, 3.8) is 0 Å². The van der Waals surface area contributed by atoms with Gasteiger partial charge in [0.2, 0.25) is 0 Å². The van der Waals surface area contributed by atoms with Gasteiger partial charge in [0.1, 0.15) is 0 Å². The van der Waals surface area contributed by atoms with Crippen molar-refractivity contribution in [3.8, 4) is 0 Å². The first-order valence-electron chi connectivity index (χ1n) is 6.31. The summed E-state index contributed by atoms with van der Waals surface area (Å²) >= 11 is 3.56. The van der Waals surface area contributed by atoms with Gasteiger partial charge < -0.3 is 0 Å². The Hall–Kier alpha value is -1.10. The van der Waals surface area contributed by atoms with Crippen LogP contribution in [0.25, 0.3) is 0 Å². The van der Waals surface area contributed by atoms with Gasteiger partial charge in [0.25, 0.3) is 0 Å². The van der Waals surface area contributed by atoms with Crippen molar-refractivity contribution >= 4 is 15.9 Å². The monoisotopic (exact) mass is 310 g/mol. The Kier molecular flexibility index (Phi) is 3.90. The summed E-state index contributed by atoms with van der Waals surface area (Å²) in [6.07, 6.45) is 0.973. The SMILES string of the molecule is CCc1cc(Cn2nc(C)c(Br)c2C)n(CC)n1. The average Bonchev–Trinajstić information content (AvgIpc) is 2.87. The van der Waals surface area contributed by atoms with E-state index in [2.05, 4.69) is 57.6 Å². The number of nitrogens with zero attached hydrogens (tertiary/aromatic N) is 4. The fourth-order valence-corrected chi connectivity index (χ4v) is 2.36. The van der Waals surface area contributed by atoms with Gasteiger partial charge in [-0.15, -0.1) is 0 Å². The molecule has 0 unspecified atom stereocenters. The number of hydrogen-bond donors (Lipinski definition) is 0. The van der Waals surface area contributed by atoms with Crippen molar-refractivity contribution in [2.45, 2.75) is 47.2 Å². The summed E-state index contributed by atoms with van der Waals surface area (Å²) in [7, 11) is 0. The fraction of sp³-hybridized carbons (Fsp3) is 0.538. The third-order valence-electron chi connectivity index (χ3n) is 3.18. The van der Waals surface area contributed by atoms with Crippen LogP contribution < -0.4 is 0 Å². The van der Waals surface area contributed by atoms with Crippen LogP contribution >= 0.6 is 15.9 Å². The maximum Gasteiger partial charge on any atom is 0.0831 e. The number of halogens is 1. The van der Waals surface area contributed by atoms with E-state index in [4.69, 9.17) is 0 Å². The van der Waals surface area contributed by atoms with Crippen LogP contribution in [0.4, 0.5) is 0 Å². The summed E-state index contributed by atoms with van der Waals surface area (Å²) in [4.78, 5) is 0. The summed E-state index contributed by atoms with van der Waals surface area (Å²) in [5.41, 5.74) is 4.56. The second-order valence-corrected chi connectivity index (χ2v) is 5.23. The van der Waals surface area contributed by atoms with E-state index < -0.39 is 0 Å².